The van der Waals surface area contributed by atoms with Crippen molar-refractivity contribution in [1.29, 1.82) is 0 Å². The van der Waals surface area contributed by atoms with Crippen LogP contribution in [0.25, 0.3) is 22.2 Å². The molecule has 19 heavy (non-hydrogen) atoms. The van der Waals surface area contributed by atoms with E-state index in [1.165, 1.54) is 7.11 Å². The molecule has 2 aromatic heterocycles. The monoisotopic (exact) mass is 258 g/mol. The number of pyridine rings is 1. The second kappa shape index (κ2) is 4.16. The molecule has 96 valence electrons. The molecule has 0 atom stereocenters. The second-order valence-corrected chi connectivity index (χ2v) is 3.91. The zero-order chi connectivity index (χ0) is 13.4. The van der Waals surface area contributed by atoms with Gasteiger partial charge in [0.05, 0.1) is 18.2 Å². The minimum absolute atomic E-state index is 0.0196. The molecule has 0 spiro atoms. The van der Waals surface area contributed by atoms with Gasteiger partial charge in [0.15, 0.2) is 0 Å². The van der Waals surface area contributed by atoms with Gasteiger partial charge in [-0.1, -0.05) is 6.07 Å². The Morgan fingerprint density at radius 2 is 2.21 bits per heavy atom. The summed E-state index contributed by atoms with van der Waals surface area (Å²) in [5.74, 6) is -0.598. The molecule has 0 aliphatic heterocycles. The van der Waals surface area contributed by atoms with Crippen molar-refractivity contribution in [2.45, 2.75) is 0 Å². The van der Waals surface area contributed by atoms with Crippen LogP contribution in [0.1, 0.15) is 0 Å². The molecule has 3 aromatic rings. The van der Waals surface area contributed by atoms with Crippen LogP contribution in [-0.4, -0.2) is 22.2 Å². The summed E-state index contributed by atoms with van der Waals surface area (Å²) in [5.41, 5.74) is 1.02. The van der Waals surface area contributed by atoms with E-state index in [0.717, 1.165) is 5.39 Å². The highest BCUT2D eigenvalue weighted by atomic mass is 16.5. The number of hydrogen-bond donors (Lipinski definition) is 2. The van der Waals surface area contributed by atoms with Crippen molar-refractivity contribution in [1.82, 2.24) is 9.97 Å². The number of benzene rings is 1. The predicted octanol–water partition coefficient (Wildman–Crippen LogP) is 1.90. The molecule has 0 saturated carbocycles. The molecule has 0 amide bonds. The molecule has 6 nitrogen and oxygen atoms in total. The maximum atomic E-state index is 11.2. The third-order valence-electron chi connectivity index (χ3n) is 2.81. The number of aromatic amines is 1. The Kier molecular flexibility index (Phi) is 2.49. The van der Waals surface area contributed by atoms with Gasteiger partial charge in [-0.05, 0) is 18.2 Å². The van der Waals surface area contributed by atoms with Crippen molar-refractivity contribution in [3.8, 4) is 23.0 Å². The first-order chi connectivity index (χ1) is 9.20. The lowest BCUT2D eigenvalue weighted by molar-refractivity contribution is 0.412. The maximum absolute atomic E-state index is 11.2. The summed E-state index contributed by atoms with van der Waals surface area (Å²) in [5, 5.41) is 10.6. The summed E-state index contributed by atoms with van der Waals surface area (Å²) >= 11 is 0. The fourth-order valence-corrected chi connectivity index (χ4v) is 2.01. The van der Waals surface area contributed by atoms with Crippen molar-refractivity contribution >= 4 is 10.9 Å². The normalized spacial score (nSPS) is 10.8. The molecule has 0 unspecified atom stereocenters. The number of aromatic nitrogens is 2. The number of ether oxygens (including phenoxy) is 1. The van der Waals surface area contributed by atoms with Gasteiger partial charge in [0.1, 0.15) is 5.75 Å². The molecule has 0 radical (unpaired) electrons. The summed E-state index contributed by atoms with van der Waals surface area (Å²) in [7, 11) is 1.50. The number of fused-ring (bicyclic) bond motifs is 1. The summed E-state index contributed by atoms with van der Waals surface area (Å²) in [6.45, 7) is 0. The summed E-state index contributed by atoms with van der Waals surface area (Å²) < 4.78 is 10.2. The van der Waals surface area contributed by atoms with Crippen LogP contribution in [0.5, 0.6) is 11.6 Å². The van der Waals surface area contributed by atoms with Gasteiger partial charge in [0, 0.05) is 11.6 Å². The SMILES string of the molecule is COc1ccc2cccnc2c1-c1oc(=O)[nH]c1O. The van der Waals surface area contributed by atoms with Crippen LogP contribution in [0.3, 0.4) is 0 Å². The number of oxazole rings is 1. The predicted molar refractivity (Wildman–Crippen MR) is 68.3 cm³/mol. The number of hydrogen-bond acceptors (Lipinski definition) is 5. The van der Waals surface area contributed by atoms with Gasteiger partial charge in [-0.25, -0.2) is 4.79 Å². The first-order valence-corrected chi connectivity index (χ1v) is 5.55. The van der Waals surface area contributed by atoms with E-state index in [0.29, 0.717) is 16.8 Å². The van der Waals surface area contributed by atoms with E-state index in [-0.39, 0.29) is 11.6 Å². The number of H-pyrrole nitrogens is 1. The van der Waals surface area contributed by atoms with E-state index < -0.39 is 5.76 Å². The first kappa shape index (κ1) is 11.3. The number of methoxy groups -OCH3 is 1. The van der Waals surface area contributed by atoms with E-state index in [2.05, 4.69) is 9.97 Å². The van der Waals surface area contributed by atoms with Gasteiger partial charge >= 0.3 is 5.76 Å². The largest absolute Gasteiger partial charge is 0.496 e. The lowest BCUT2D eigenvalue weighted by Gasteiger charge is -2.08. The summed E-state index contributed by atoms with van der Waals surface area (Å²) in [6, 6.07) is 7.23. The topological polar surface area (TPSA) is 88.4 Å². The number of nitrogens with zero attached hydrogens (tertiary/aromatic N) is 1. The molecule has 0 saturated heterocycles. The second-order valence-electron chi connectivity index (χ2n) is 3.91. The highest BCUT2D eigenvalue weighted by Crippen LogP contribution is 2.38. The van der Waals surface area contributed by atoms with E-state index in [4.69, 9.17) is 9.15 Å². The minimum Gasteiger partial charge on any atom is -0.496 e. The zero-order valence-electron chi connectivity index (χ0n) is 10.0. The van der Waals surface area contributed by atoms with Crippen molar-refractivity contribution in [3.63, 3.8) is 0 Å². The van der Waals surface area contributed by atoms with Crippen LogP contribution in [-0.2, 0) is 0 Å². The molecule has 2 heterocycles. The van der Waals surface area contributed by atoms with Crippen molar-refractivity contribution < 1.29 is 14.3 Å². The number of aromatic hydroxyl groups is 1. The fourth-order valence-electron chi connectivity index (χ4n) is 2.01. The first-order valence-electron chi connectivity index (χ1n) is 5.55. The number of rotatable bonds is 2. The molecule has 2 N–H and O–H groups in total. The van der Waals surface area contributed by atoms with Crippen LogP contribution in [0.15, 0.2) is 39.7 Å². The van der Waals surface area contributed by atoms with Crippen molar-refractivity contribution in [2.24, 2.45) is 0 Å². The average molecular weight is 258 g/mol. The minimum atomic E-state index is -0.734. The standard InChI is InChI=1S/C13H10N2O4/c1-18-8-5-4-7-3-2-6-14-10(7)9(8)11-12(16)15-13(17)19-11/h2-6,16H,1H3,(H,15,17). The Hall–Kier alpha value is -2.76. The quantitative estimate of drug-likeness (QED) is 0.732. The zero-order valence-corrected chi connectivity index (χ0v) is 10.0. The fraction of sp³-hybridized carbons (Fsp3) is 0.0769. The Bertz CT molecular complexity index is 804. The van der Waals surface area contributed by atoms with Gasteiger partial charge in [-0.3, -0.25) is 9.97 Å². The van der Waals surface area contributed by atoms with Crippen LogP contribution in [0.2, 0.25) is 0 Å². The highest BCUT2D eigenvalue weighted by molar-refractivity contribution is 5.96. The van der Waals surface area contributed by atoms with Gasteiger partial charge < -0.3 is 14.3 Å². The van der Waals surface area contributed by atoms with Gasteiger partial charge in [-0.15, -0.1) is 0 Å². The third-order valence-corrected chi connectivity index (χ3v) is 2.81. The van der Waals surface area contributed by atoms with Gasteiger partial charge in [0.25, 0.3) is 0 Å². The maximum Gasteiger partial charge on any atom is 0.419 e. The Labute approximate surface area is 107 Å². The molecule has 1 aromatic carbocycles. The van der Waals surface area contributed by atoms with E-state index in [1.54, 1.807) is 18.3 Å². The smallest absolute Gasteiger partial charge is 0.419 e. The Morgan fingerprint density at radius 3 is 2.89 bits per heavy atom. The van der Waals surface area contributed by atoms with Crippen molar-refractivity contribution in [3.05, 3.63) is 41.0 Å². The molecule has 3 rings (SSSR count). The number of nitrogens with one attached hydrogen (secondary N) is 1. The molecular weight excluding hydrogens is 248 g/mol. The van der Waals surface area contributed by atoms with Crippen LogP contribution in [0, 0.1) is 0 Å². The lowest BCUT2D eigenvalue weighted by Crippen LogP contribution is -1.93. The van der Waals surface area contributed by atoms with Gasteiger partial charge in [0.2, 0.25) is 11.6 Å². The average Bonchev–Trinajstić information content (AvgIpc) is 2.76. The van der Waals surface area contributed by atoms with E-state index >= 15 is 0 Å². The summed E-state index contributed by atoms with van der Waals surface area (Å²) in [6.07, 6.45) is 1.62. The molecule has 0 bridgehead atoms. The summed E-state index contributed by atoms with van der Waals surface area (Å²) in [4.78, 5) is 17.6. The molecule has 0 fully saturated rings. The van der Waals surface area contributed by atoms with Crippen LogP contribution >= 0.6 is 0 Å². The van der Waals surface area contributed by atoms with E-state index in [1.807, 2.05) is 12.1 Å². The van der Waals surface area contributed by atoms with Crippen molar-refractivity contribution in [2.75, 3.05) is 7.11 Å². The lowest BCUT2D eigenvalue weighted by atomic mass is 10.1. The molecule has 6 heteroatoms. The molecule has 0 aliphatic rings. The van der Waals surface area contributed by atoms with E-state index in [9.17, 15) is 9.90 Å². The van der Waals surface area contributed by atoms with Gasteiger partial charge in [-0.2, -0.15) is 0 Å². The molecular formula is C13H10N2O4. The third kappa shape index (κ3) is 1.74. The molecule has 0 aliphatic carbocycles. The van der Waals surface area contributed by atoms with Crippen LogP contribution in [0.4, 0.5) is 0 Å². The highest BCUT2D eigenvalue weighted by Gasteiger charge is 2.20. The van der Waals surface area contributed by atoms with Crippen LogP contribution < -0.4 is 10.5 Å². The Morgan fingerprint density at radius 1 is 1.37 bits per heavy atom. The Balaban J connectivity index is 2.43.